The van der Waals surface area contributed by atoms with Gasteiger partial charge in [-0.2, -0.15) is 0 Å². The van der Waals surface area contributed by atoms with Crippen LogP contribution >= 0.6 is 27.7 Å². The molecule has 0 bridgehead atoms. The zero-order chi connectivity index (χ0) is 28.6. The average molecular weight is 630 g/mol. The lowest BCUT2D eigenvalue weighted by atomic mass is 9.93. The number of benzene rings is 1. The molecular formula is C28H33BrN6O4S. The van der Waals surface area contributed by atoms with Gasteiger partial charge in [0, 0.05) is 34.4 Å². The molecule has 1 aliphatic rings. The van der Waals surface area contributed by atoms with Crippen LogP contribution in [0.5, 0.6) is 0 Å². The Balaban J connectivity index is 1.26. The normalized spacial score (nSPS) is 15.6. The second kappa shape index (κ2) is 11.4. The summed E-state index contributed by atoms with van der Waals surface area (Å²) in [6, 6.07) is 5.95. The number of piperidine rings is 1. The summed E-state index contributed by atoms with van der Waals surface area (Å²) < 4.78 is 14.1. The van der Waals surface area contributed by atoms with Gasteiger partial charge in [0.2, 0.25) is 0 Å². The molecule has 1 saturated heterocycles. The van der Waals surface area contributed by atoms with E-state index in [1.54, 1.807) is 38.9 Å². The molecule has 0 aliphatic carbocycles. The van der Waals surface area contributed by atoms with Gasteiger partial charge in [-0.25, -0.2) is 15.0 Å². The van der Waals surface area contributed by atoms with Gasteiger partial charge in [-0.05, 0) is 87.0 Å². The number of hydrogen-bond donors (Lipinski definition) is 1. The van der Waals surface area contributed by atoms with Crippen molar-refractivity contribution in [2.75, 3.05) is 18.8 Å². The highest BCUT2D eigenvalue weighted by Crippen LogP contribution is 2.38. The molecule has 0 unspecified atom stereocenters. The number of likely N-dealkylation sites (tertiary alicyclic amines) is 1. The van der Waals surface area contributed by atoms with Crippen molar-refractivity contribution in [1.29, 1.82) is 0 Å². The number of aryl methyl sites for hydroxylation is 1. The summed E-state index contributed by atoms with van der Waals surface area (Å²) in [4.78, 5) is 41.3. The summed E-state index contributed by atoms with van der Waals surface area (Å²) in [7, 11) is 0. The summed E-state index contributed by atoms with van der Waals surface area (Å²) in [6.45, 7) is 8.97. The molecule has 4 aromatic rings. The predicted molar refractivity (Wildman–Crippen MR) is 157 cm³/mol. The van der Waals surface area contributed by atoms with Crippen LogP contribution in [0, 0.1) is 11.3 Å². The third-order valence-corrected chi connectivity index (χ3v) is 9.14. The van der Waals surface area contributed by atoms with Crippen molar-refractivity contribution < 1.29 is 18.7 Å². The van der Waals surface area contributed by atoms with E-state index < -0.39 is 11.5 Å². The SMILES string of the molecule is C[C@@H](OC(=O)C(C)(C)C)C(=O)N1CCC(CCn2c(Sc3cc4occc4cc3Br)nc3c(N)ncnc32)CC1. The molecular weight excluding hydrogens is 596 g/mol. The Morgan fingerprint density at radius 1 is 1.25 bits per heavy atom. The van der Waals surface area contributed by atoms with Crippen LogP contribution in [-0.4, -0.2) is 55.5 Å². The van der Waals surface area contributed by atoms with Crippen LogP contribution < -0.4 is 5.73 Å². The highest BCUT2D eigenvalue weighted by molar-refractivity contribution is 9.10. The van der Waals surface area contributed by atoms with Gasteiger partial charge < -0.3 is 24.4 Å². The number of imidazole rings is 1. The first kappa shape index (κ1) is 28.4. The van der Waals surface area contributed by atoms with Gasteiger partial charge in [0.1, 0.15) is 11.9 Å². The number of aromatic nitrogens is 4. The summed E-state index contributed by atoms with van der Waals surface area (Å²) in [5, 5.41) is 1.79. The summed E-state index contributed by atoms with van der Waals surface area (Å²) >= 11 is 5.20. The molecule has 1 amide bonds. The quantitative estimate of drug-likeness (QED) is 0.257. The van der Waals surface area contributed by atoms with E-state index in [1.165, 1.54) is 18.1 Å². The third kappa shape index (κ3) is 5.97. The Morgan fingerprint density at radius 3 is 2.73 bits per heavy atom. The van der Waals surface area contributed by atoms with Crippen molar-refractivity contribution >= 4 is 67.5 Å². The van der Waals surface area contributed by atoms with Crippen LogP contribution in [0.15, 0.2) is 49.7 Å². The number of ether oxygens (including phenoxy) is 1. The van der Waals surface area contributed by atoms with Crippen molar-refractivity contribution in [3.8, 4) is 0 Å². The number of furan rings is 1. The van der Waals surface area contributed by atoms with Gasteiger partial charge in [0.05, 0.1) is 11.7 Å². The molecule has 0 radical (unpaired) electrons. The summed E-state index contributed by atoms with van der Waals surface area (Å²) in [5.74, 6) is 0.267. The molecule has 4 heterocycles. The number of carbonyl (C=O) groups is 2. The first-order valence-corrected chi connectivity index (χ1v) is 14.9. The molecule has 5 rings (SSSR count). The predicted octanol–water partition coefficient (Wildman–Crippen LogP) is 5.67. The summed E-state index contributed by atoms with van der Waals surface area (Å²) in [6.07, 6.45) is 5.00. The molecule has 0 spiro atoms. The van der Waals surface area contributed by atoms with Crippen molar-refractivity contribution in [1.82, 2.24) is 24.4 Å². The highest BCUT2D eigenvalue weighted by Gasteiger charge is 2.31. The van der Waals surface area contributed by atoms with Gasteiger partial charge in [0.25, 0.3) is 5.91 Å². The van der Waals surface area contributed by atoms with E-state index in [0.717, 1.165) is 44.8 Å². The first-order valence-electron chi connectivity index (χ1n) is 13.3. The van der Waals surface area contributed by atoms with Crippen molar-refractivity contribution in [2.24, 2.45) is 11.3 Å². The second-order valence-corrected chi connectivity index (χ2v) is 13.0. The number of fused-ring (bicyclic) bond motifs is 2. The third-order valence-electron chi connectivity index (χ3n) is 7.16. The molecule has 40 heavy (non-hydrogen) atoms. The molecule has 1 atom stereocenters. The van der Waals surface area contributed by atoms with Gasteiger partial charge in [-0.3, -0.25) is 9.59 Å². The first-order chi connectivity index (χ1) is 19.0. The minimum Gasteiger partial charge on any atom is -0.464 e. The molecule has 0 saturated carbocycles. The standard InChI is InChI=1S/C28H33BrN6O4S/c1-16(39-26(37)28(2,3)4)25(36)34-9-5-17(6-10-34)7-11-35-24-22(23(30)31-15-32-24)33-27(35)40-21-14-20-18(8-12-38-20)13-19(21)29/h8,12-17H,5-7,9-11H2,1-4H3,(H2,30,31,32)/t16-/m1/s1. The van der Waals surface area contributed by atoms with Crippen LogP contribution in [0.4, 0.5) is 5.82 Å². The largest absolute Gasteiger partial charge is 0.464 e. The second-order valence-electron chi connectivity index (χ2n) is 11.2. The minimum absolute atomic E-state index is 0.137. The summed E-state index contributed by atoms with van der Waals surface area (Å²) in [5.41, 5.74) is 7.59. The van der Waals surface area contributed by atoms with Gasteiger partial charge >= 0.3 is 5.97 Å². The van der Waals surface area contributed by atoms with Crippen molar-refractivity contribution in [3.05, 3.63) is 35.3 Å². The number of esters is 1. The molecule has 2 N–H and O–H groups in total. The van der Waals surface area contributed by atoms with Gasteiger partial charge in [-0.1, -0.05) is 11.8 Å². The van der Waals surface area contributed by atoms with E-state index in [2.05, 4.69) is 30.5 Å². The Kier molecular flexibility index (Phi) is 8.10. The Labute approximate surface area is 245 Å². The average Bonchev–Trinajstić information content (AvgIpc) is 3.51. The maximum atomic E-state index is 12.9. The van der Waals surface area contributed by atoms with Crippen molar-refractivity contribution in [2.45, 2.75) is 69.7 Å². The van der Waals surface area contributed by atoms with Crippen LogP contribution in [0.2, 0.25) is 0 Å². The van der Waals surface area contributed by atoms with Crippen LogP contribution in [0.25, 0.3) is 22.1 Å². The lowest BCUT2D eigenvalue weighted by molar-refractivity contribution is -0.166. The number of carbonyl (C=O) groups excluding carboxylic acids is 2. The highest BCUT2D eigenvalue weighted by atomic mass is 79.9. The fourth-order valence-electron chi connectivity index (χ4n) is 4.75. The molecule has 3 aromatic heterocycles. The molecule has 1 aliphatic heterocycles. The Morgan fingerprint density at radius 2 is 2.00 bits per heavy atom. The van der Waals surface area contributed by atoms with Crippen LogP contribution in [-0.2, 0) is 20.9 Å². The smallest absolute Gasteiger partial charge is 0.311 e. The van der Waals surface area contributed by atoms with E-state index in [9.17, 15) is 9.59 Å². The Hall–Kier alpha value is -3.12. The molecule has 1 aromatic carbocycles. The number of halogens is 1. The monoisotopic (exact) mass is 628 g/mol. The van der Waals surface area contributed by atoms with E-state index in [4.69, 9.17) is 19.9 Å². The lowest BCUT2D eigenvalue weighted by Gasteiger charge is -2.34. The lowest BCUT2D eigenvalue weighted by Crippen LogP contribution is -2.45. The topological polar surface area (TPSA) is 129 Å². The van der Waals surface area contributed by atoms with E-state index in [-0.39, 0.29) is 11.9 Å². The fourth-order valence-corrected chi connectivity index (χ4v) is 6.30. The molecule has 10 nitrogen and oxygen atoms in total. The number of hydrogen-bond acceptors (Lipinski definition) is 9. The van der Waals surface area contributed by atoms with Gasteiger partial charge in [0.15, 0.2) is 28.2 Å². The number of nitrogens with zero attached hydrogens (tertiary/aromatic N) is 5. The van der Waals surface area contributed by atoms with E-state index in [1.807, 2.05) is 18.2 Å². The van der Waals surface area contributed by atoms with E-state index in [0.29, 0.717) is 42.5 Å². The fraction of sp³-hybridized carbons (Fsp3) is 0.464. The molecule has 1 fully saturated rings. The Bertz CT molecular complexity index is 1550. The zero-order valence-corrected chi connectivity index (χ0v) is 25.4. The zero-order valence-electron chi connectivity index (χ0n) is 23.0. The number of amides is 1. The van der Waals surface area contributed by atoms with Crippen molar-refractivity contribution in [3.63, 3.8) is 0 Å². The maximum Gasteiger partial charge on any atom is 0.311 e. The number of anilines is 1. The minimum atomic E-state index is -0.787. The maximum absolute atomic E-state index is 12.9. The van der Waals surface area contributed by atoms with E-state index >= 15 is 0 Å². The molecule has 212 valence electrons. The number of rotatable bonds is 7. The van der Waals surface area contributed by atoms with Crippen LogP contribution in [0.1, 0.15) is 47.0 Å². The molecule has 12 heteroatoms. The number of nitrogens with two attached hydrogens (primary N) is 1. The number of nitrogen functional groups attached to an aromatic ring is 1. The van der Waals surface area contributed by atoms with Crippen LogP contribution in [0.3, 0.4) is 0 Å². The van der Waals surface area contributed by atoms with Gasteiger partial charge in [-0.15, -0.1) is 0 Å².